The van der Waals surface area contributed by atoms with Gasteiger partial charge in [-0.3, -0.25) is 13.9 Å². The predicted octanol–water partition coefficient (Wildman–Crippen LogP) is 3.65. The van der Waals surface area contributed by atoms with Crippen molar-refractivity contribution >= 4 is 61.7 Å². The fourth-order valence-electron chi connectivity index (χ4n) is 3.04. The van der Waals surface area contributed by atoms with Gasteiger partial charge in [0.15, 0.2) is 0 Å². The molecule has 2 amide bonds. The van der Waals surface area contributed by atoms with Crippen molar-refractivity contribution < 1.29 is 18.0 Å². The zero-order valence-corrected chi connectivity index (χ0v) is 22.1. The van der Waals surface area contributed by atoms with Crippen molar-refractivity contribution in [2.45, 2.75) is 39.4 Å². The molecular weight excluding hydrogens is 565 g/mol. The van der Waals surface area contributed by atoms with Gasteiger partial charge < -0.3 is 10.2 Å². The number of hydrogen-bond acceptors (Lipinski definition) is 4. The molecule has 1 N–H and O–H groups in total. The van der Waals surface area contributed by atoms with Gasteiger partial charge in [0.1, 0.15) is 12.6 Å². The van der Waals surface area contributed by atoms with Gasteiger partial charge in [-0.1, -0.05) is 23.7 Å². The molecule has 0 saturated carbocycles. The van der Waals surface area contributed by atoms with Crippen LogP contribution in [0.25, 0.3) is 0 Å². The summed E-state index contributed by atoms with van der Waals surface area (Å²) in [5.74, 6) is -0.823. The van der Waals surface area contributed by atoms with Gasteiger partial charge in [0, 0.05) is 21.2 Å². The Hall–Kier alpha value is -1.85. The van der Waals surface area contributed by atoms with Gasteiger partial charge in [-0.05, 0) is 85.3 Å². The van der Waals surface area contributed by atoms with Gasteiger partial charge in [-0.25, -0.2) is 8.42 Å². The summed E-state index contributed by atoms with van der Waals surface area (Å²) in [4.78, 5) is 27.4. The third-order valence-electron chi connectivity index (χ3n) is 4.63. The molecule has 174 valence electrons. The van der Waals surface area contributed by atoms with Crippen molar-refractivity contribution in [3.63, 3.8) is 0 Å². The van der Waals surface area contributed by atoms with E-state index in [-0.39, 0.29) is 18.5 Å². The summed E-state index contributed by atoms with van der Waals surface area (Å²) in [5.41, 5.74) is 1.11. The van der Waals surface area contributed by atoms with Gasteiger partial charge in [0.05, 0.1) is 11.9 Å². The highest BCUT2D eigenvalue weighted by atomic mass is 127. The summed E-state index contributed by atoms with van der Waals surface area (Å²) < 4.78 is 27.0. The fourth-order valence-corrected chi connectivity index (χ4v) is 4.46. The van der Waals surface area contributed by atoms with Crippen LogP contribution >= 0.6 is 34.2 Å². The average Bonchev–Trinajstić information content (AvgIpc) is 2.69. The minimum Gasteiger partial charge on any atom is -0.352 e. The maximum absolute atomic E-state index is 13.4. The first kappa shape index (κ1) is 26.4. The Morgan fingerprint density at radius 1 is 1.09 bits per heavy atom. The number of nitrogens with zero attached hydrogens (tertiary/aromatic N) is 2. The molecule has 10 heteroatoms. The summed E-state index contributed by atoms with van der Waals surface area (Å²) in [6.45, 7) is 4.96. The standard InChI is InChI=1S/C22H27ClIN3O4S/c1-15(2)25-22(29)16(3)26(13-17-6-5-7-18(23)12-17)21(28)14-27(32(4,30)31)20-10-8-19(24)9-11-20/h5-12,15-16H,13-14H2,1-4H3,(H,25,29). The molecule has 0 aliphatic rings. The molecule has 0 spiro atoms. The second-order valence-electron chi connectivity index (χ2n) is 7.74. The number of nitrogens with one attached hydrogen (secondary N) is 1. The van der Waals surface area contributed by atoms with Crippen LogP contribution in [0.3, 0.4) is 0 Å². The molecule has 7 nitrogen and oxygen atoms in total. The number of rotatable bonds is 9. The van der Waals surface area contributed by atoms with Crippen LogP contribution in [0.1, 0.15) is 26.3 Å². The molecule has 0 aromatic heterocycles. The van der Waals surface area contributed by atoms with Crippen LogP contribution in [0.4, 0.5) is 5.69 Å². The van der Waals surface area contributed by atoms with Crippen LogP contribution in [0, 0.1) is 3.57 Å². The molecule has 0 bridgehead atoms. The monoisotopic (exact) mass is 591 g/mol. The normalized spacial score (nSPS) is 12.3. The lowest BCUT2D eigenvalue weighted by Gasteiger charge is -2.32. The number of hydrogen-bond donors (Lipinski definition) is 1. The summed E-state index contributed by atoms with van der Waals surface area (Å²) in [5, 5.41) is 3.31. The zero-order chi connectivity index (χ0) is 24.1. The lowest BCUT2D eigenvalue weighted by molar-refractivity contribution is -0.139. The predicted molar refractivity (Wildman–Crippen MR) is 136 cm³/mol. The zero-order valence-electron chi connectivity index (χ0n) is 18.4. The fraction of sp³-hybridized carbons (Fsp3) is 0.364. The second kappa shape index (κ2) is 11.3. The Labute approximate surface area is 208 Å². The molecule has 0 saturated heterocycles. The molecule has 0 fully saturated rings. The molecular formula is C22H27ClIN3O4S. The van der Waals surface area contributed by atoms with Crippen LogP contribution in [-0.2, 0) is 26.2 Å². The van der Waals surface area contributed by atoms with E-state index in [0.29, 0.717) is 10.7 Å². The van der Waals surface area contributed by atoms with Crippen molar-refractivity contribution in [2.24, 2.45) is 0 Å². The van der Waals surface area contributed by atoms with Crippen LogP contribution in [0.5, 0.6) is 0 Å². The highest BCUT2D eigenvalue weighted by molar-refractivity contribution is 14.1. The topological polar surface area (TPSA) is 86.8 Å². The van der Waals surface area contributed by atoms with Crippen LogP contribution < -0.4 is 9.62 Å². The molecule has 1 atom stereocenters. The minimum absolute atomic E-state index is 0.104. The Balaban J connectivity index is 2.38. The SMILES string of the molecule is CC(C)NC(=O)C(C)N(Cc1cccc(Cl)c1)C(=O)CN(c1ccc(I)cc1)S(C)(=O)=O. The molecule has 1 unspecified atom stereocenters. The Morgan fingerprint density at radius 3 is 2.25 bits per heavy atom. The van der Waals surface area contributed by atoms with E-state index in [0.717, 1.165) is 19.7 Å². The molecule has 32 heavy (non-hydrogen) atoms. The van der Waals surface area contributed by atoms with Crippen LogP contribution in [0.2, 0.25) is 5.02 Å². The smallest absolute Gasteiger partial charge is 0.244 e. The molecule has 0 aliphatic heterocycles. The van der Waals surface area contributed by atoms with E-state index in [9.17, 15) is 18.0 Å². The quantitative estimate of drug-likeness (QED) is 0.451. The molecule has 0 heterocycles. The largest absolute Gasteiger partial charge is 0.352 e. The van der Waals surface area contributed by atoms with E-state index in [4.69, 9.17) is 11.6 Å². The number of benzene rings is 2. The van der Waals surface area contributed by atoms with Crippen molar-refractivity contribution in [2.75, 3.05) is 17.1 Å². The maximum atomic E-state index is 13.4. The first-order chi connectivity index (χ1) is 14.9. The van der Waals surface area contributed by atoms with Crippen molar-refractivity contribution in [1.29, 1.82) is 0 Å². The van der Waals surface area contributed by atoms with E-state index < -0.39 is 28.5 Å². The Kier molecular flexibility index (Phi) is 9.35. The van der Waals surface area contributed by atoms with Gasteiger partial charge in [-0.2, -0.15) is 0 Å². The van der Waals surface area contributed by atoms with Crippen molar-refractivity contribution in [1.82, 2.24) is 10.2 Å². The summed E-state index contributed by atoms with van der Waals surface area (Å²) in [6.07, 6.45) is 1.05. The van der Waals surface area contributed by atoms with Gasteiger partial charge in [-0.15, -0.1) is 0 Å². The summed E-state index contributed by atoms with van der Waals surface area (Å²) in [6, 6.07) is 12.9. The van der Waals surface area contributed by atoms with Crippen molar-refractivity contribution in [3.05, 3.63) is 62.7 Å². The van der Waals surface area contributed by atoms with E-state index in [2.05, 4.69) is 27.9 Å². The van der Waals surface area contributed by atoms with Crippen LogP contribution in [-0.4, -0.2) is 50.0 Å². The lowest BCUT2D eigenvalue weighted by Crippen LogP contribution is -2.52. The number of halogens is 2. The van der Waals surface area contributed by atoms with E-state index in [1.54, 1.807) is 55.5 Å². The number of anilines is 1. The van der Waals surface area contributed by atoms with E-state index in [1.807, 2.05) is 13.8 Å². The highest BCUT2D eigenvalue weighted by Crippen LogP contribution is 2.21. The van der Waals surface area contributed by atoms with Gasteiger partial charge in [0.25, 0.3) is 0 Å². The first-order valence-corrected chi connectivity index (χ1v) is 13.3. The number of amides is 2. The molecule has 2 aromatic rings. The Morgan fingerprint density at radius 2 is 1.72 bits per heavy atom. The molecule has 2 aromatic carbocycles. The maximum Gasteiger partial charge on any atom is 0.244 e. The van der Waals surface area contributed by atoms with Gasteiger partial charge >= 0.3 is 0 Å². The van der Waals surface area contributed by atoms with E-state index >= 15 is 0 Å². The highest BCUT2D eigenvalue weighted by Gasteiger charge is 2.30. The molecule has 0 radical (unpaired) electrons. The second-order valence-corrected chi connectivity index (χ2v) is 11.3. The first-order valence-electron chi connectivity index (χ1n) is 9.96. The molecule has 0 aliphatic carbocycles. The Bertz CT molecular complexity index is 1060. The third kappa shape index (κ3) is 7.63. The summed E-state index contributed by atoms with van der Waals surface area (Å²) in [7, 11) is -3.74. The summed E-state index contributed by atoms with van der Waals surface area (Å²) >= 11 is 8.20. The number of sulfonamides is 1. The molecule has 2 rings (SSSR count). The minimum atomic E-state index is -3.74. The lowest BCUT2D eigenvalue weighted by atomic mass is 10.1. The van der Waals surface area contributed by atoms with Crippen molar-refractivity contribution in [3.8, 4) is 0 Å². The number of carbonyl (C=O) groups is 2. The van der Waals surface area contributed by atoms with Gasteiger partial charge in [0.2, 0.25) is 21.8 Å². The van der Waals surface area contributed by atoms with E-state index in [1.165, 1.54) is 4.90 Å². The third-order valence-corrected chi connectivity index (χ3v) is 6.73. The van der Waals surface area contributed by atoms with Crippen LogP contribution in [0.15, 0.2) is 48.5 Å². The average molecular weight is 592 g/mol. The number of carbonyl (C=O) groups excluding carboxylic acids is 2.